The minimum Gasteiger partial charge on any atom is -0.491 e. The molecule has 0 spiro atoms. The zero-order valence-corrected chi connectivity index (χ0v) is 13.0. The number of nitrogens with one attached hydrogen (secondary N) is 1. The highest BCUT2D eigenvalue weighted by Gasteiger charge is 2.08. The molecule has 1 heterocycles. The number of hydrogen-bond acceptors (Lipinski definition) is 4. The average molecular weight is 319 g/mol. The van der Waals surface area contributed by atoms with Crippen molar-refractivity contribution in [3.63, 3.8) is 0 Å². The van der Waals surface area contributed by atoms with Crippen molar-refractivity contribution < 1.29 is 9.84 Å². The maximum Gasteiger partial charge on any atom is 0.127 e. The van der Waals surface area contributed by atoms with Gasteiger partial charge in [-0.2, -0.15) is 0 Å². The van der Waals surface area contributed by atoms with Gasteiger partial charge in [-0.3, -0.25) is 0 Å². The maximum absolute atomic E-state index is 9.99. The third-order valence-corrected chi connectivity index (χ3v) is 3.24. The molecule has 0 fully saturated rings. The first-order valence-electron chi connectivity index (χ1n) is 7.04. The van der Waals surface area contributed by atoms with Crippen LogP contribution in [-0.2, 0) is 6.42 Å². The molecule has 0 bridgehead atoms. The van der Waals surface area contributed by atoms with Crippen molar-refractivity contribution in [2.24, 2.45) is 0 Å². The first-order chi connectivity index (χ1) is 10.7. The summed E-state index contributed by atoms with van der Waals surface area (Å²) >= 11 is 5.87. The quantitative estimate of drug-likeness (QED) is 0.733. The number of halogens is 1. The summed E-state index contributed by atoms with van der Waals surface area (Å²) in [5.74, 6) is 1.39. The van der Waals surface area contributed by atoms with Crippen molar-refractivity contribution in [3.05, 3.63) is 65.8 Å². The van der Waals surface area contributed by atoms with Crippen molar-refractivity contribution >= 4 is 17.4 Å². The van der Waals surface area contributed by atoms with E-state index in [1.807, 2.05) is 30.3 Å². The van der Waals surface area contributed by atoms with Crippen LogP contribution in [0.25, 0.3) is 0 Å². The third kappa shape index (κ3) is 5.06. The summed E-state index contributed by atoms with van der Waals surface area (Å²) in [6.07, 6.45) is 3.51. The van der Waals surface area contributed by atoms with Crippen LogP contribution >= 0.6 is 11.6 Å². The second-order valence-corrected chi connectivity index (χ2v) is 5.24. The van der Waals surface area contributed by atoms with Gasteiger partial charge in [-0.1, -0.05) is 35.9 Å². The summed E-state index contributed by atoms with van der Waals surface area (Å²) < 4.78 is 5.68. The van der Waals surface area contributed by atoms with E-state index in [0.717, 1.165) is 17.7 Å². The van der Waals surface area contributed by atoms with Gasteiger partial charge in [0.1, 0.15) is 24.3 Å². The van der Waals surface area contributed by atoms with Crippen LogP contribution in [0.2, 0.25) is 5.02 Å². The van der Waals surface area contributed by atoms with Crippen LogP contribution in [0.4, 0.5) is 5.82 Å². The van der Waals surface area contributed by atoms with Gasteiger partial charge < -0.3 is 15.2 Å². The number of pyridine rings is 1. The Morgan fingerprint density at radius 2 is 2.18 bits per heavy atom. The van der Waals surface area contributed by atoms with Crippen LogP contribution < -0.4 is 10.1 Å². The van der Waals surface area contributed by atoms with E-state index < -0.39 is 6.10 Å². The minimum atomic E-state index is -0.655. The lowest BCUT2D eigenvalue weighted by Crippen LogP contribution is -2.26. The van der Waals surface area contributed by atoms with Crippen LogP contribution in [-0.4, -0.2) is 29.3 Å². The highest BCUT2D eigenvalue weighted by Crippen LogP contribution is 2.19. The second kappa shape index (κ2) is 8.41. The zero-order valence-electron chi connectivity index (χ0n) is 12.2. The molecular weight excluding hydrogens is 300 g/mol. The number of aliphatic hydroxyl groups is 1. The van der Waals surface area contributed by atoms with Crippen molar-refractivity contribution in [2.75, 3.05) is 18.5 Å². The summed E-state index contributed by atoms with van der Waals surface area (Å²) in [5, 5.41) is 13.6. The molecule has 116 valence electrons. The smallest absolute Gasteiger partial charge is 0.127 e. The largest absolute Gasteiger partial charge is 0.491 e. The van der Waals surface area contributed by atoms with Gasteiger partial charge in [0.25, 0.3) is 0 Å². The molecule has 0 saturated carbocycles. The first kappa shape index (κ1) is 16.3. The molecule has 22 heavy (non-hydrogen) atoms. The second-order valence-electron chi connectivity index (χ2n) is 4.81. The highest BCUT2D eigenvalue weighted by atomic mass is 35.5. The fraction of sp³-hybridized carbons (Fsp3) is 0.235. The molecule has 2 aromatic rings. The van der Waals surface area contributed by atoms with E-state index in [2.05, 4.69) is 16.9 Å². The van der Waals surface area contributed by atoms with Gasteiger partial charge in [0.05, 0.1) is 0 Å². The van der Waals surface area contributed by atoms with E-state index >= 15 is 0 Å². The third-order valence-electron chi connectivity index (χ3n) is 3.01. The van der Waals surface area contributed by atoms with Crippen molar-refractivity contribution in [2.45, 2.75) is 12.5 Å². The van der Waals surface area contributed by atoms with Crippen LogP contribution in [0, 0.1) is 0 Å². The van der Waals surface area contributed by atoms with E-state index in [1.165, 1.54) is 0 Å². The molecule has 2 rings (SSSR count). The Morgan fingerprint density at radius 3 is 2.95 bits per heavy atom. The zero-order chi connectivity index (χ0) is 15.8. The first-order valence-corrected chi connectivity index (χ1v) is 7.42. The Kier molecular flexibility index (Phi) is 6.25. The number of benzene rings is 1. The molecule has 1 atom stereocenters. The van der Waals surface area contributed by atoms with Gasteiger partial charge in [0.15, 0.2) is 0 Å². The fourth-order valence-corrected chi connectivity index (χ4v) is 2.10. The number of hydrogen-bond donors (Lipinski definition) is 2. The Labute approximate surface area is 135 Å². The summed E-state index contributed by atoms with van der Waals surface area (Å²) in [5.41, 5.74) is 1.05. The van der Waals surface area contributed by atoms with Gasteiger partial charge in [0.2, 0.25) is 0 Å². The molecule has 0 radical (unpaired) electrons. The number of aliphatic hydroxyl groups excluding tert-OH is 1. The molecule has 1 aromatic heterocycles. The number of ether oxygens (including phenoxy) is 1. The SMILES string of the molecule is C=CCc1ccccc1OCC(O)CNc1cc(Cl)ccn1. The summed E-state index contributed by atoms with van der Waals surface area (Å²) in [6.45, 7) is 4.26. The van der Waals surface area contributed by atoms with Crippen molar-refractivity contribution in [1.29, 1.82) is 0 Å². The number of para-hydroxylation sites is 1. The topological polar surface area (TPSA) is 54.4 Å². The van der Waals surface area contributed by atoms with Crippen molar-refractivity contribution in [1.82, 2.24) is 4.98 Å². The van der Waals surface area contributed by atoms with E-state index in [9.17, 15) is 5.11 Å². The molecule has 4 nitrogen and oxygen atoms in total. The molecule has 2 N–H and O–H groups in total. The predicted molar refractivity (Wildman–Crippen MR) is 89.6 cm³/mol. The lowest BCUT2D eigenvalue weighted by molar-refractivity contribution is 0.117. The molecule has 0 aliphatic carbocycles. The van der Waals surface area contributed by atoms with Gasteiger partial charge in [-0.15, -0.1) is 6.58 Å². The van der Waals surface area contributed by atoms with E-state index in [4.69, 9.17) is 16.3 Å². The highest BCUT2D eigenvalue weighted by molar-refractivity contribution is 6.30. The molecule has 5 heteroatoms. The monoisotopic (exact) mass is 318 g/mol. The lowest BCUT2D eigenvalue weighted by atomic mass is 10.1. The number of allylic oxidation sites excluding steroid dienone is 1. The molecule has 0 saturated heterocycles. The van der Waals surface area contributed by atoms with Crippen LogP contribution in [0.3, 0.4) is 0 Å². The minimum absolute atomic E-state index is 0.196. The molecule has 1 unspecified atom stereocenters. The number of rotatable bonds is 8. The molecule has 0 aliphatic rings. The van der Waals surface area contributed by atoms with Gasteiger partial charge in [-0.05, 0) is 30.2 Å². The van der Waals surface area contributed by atoms with E-state index in [1.54, 1.807) is 18.3 Å². The standard InChI is InChI=1S/C17H19ClN2O2/c1-2-5-13-6-3-4-7-16(13)22-12-15(21)11-20-17-10-14(18)8-9-19-17/h2-4,6-10,15,21H,1,5,11-12H2,(H,19,20). The lowest BCUT2D eigenvalue weighted by Gasteiger charge is -2.15. The Balaban J connectivity index is 1.83. The van der Waals surface area contributed by atoms with Crippen LogP contribution in [0.5, 0.6) is 5.75 Å². The summed E-state index contributed by atoms with van der Waals surface area (Å²) in [7, 11) is 0. The van der Waals surface area contributed by atoms with Gasteiger partial charge >= 0.3 is 0 Å². The van der Waals surface area contributed by atoms with Crippen LogP contribution in [0.1, 0.15) is 5.56 Å². The van der Waals surface area contributed by atoms with E-state index in [-0.39, 0.29) is 6.61 Å². The Morgan fingerprint density at radius 1 is 1.36 bits per heavy atom. The number of anilines is 1. The normalized spacial score (nSPS) is 11.7. The summed E-state index contributed by atoms with van der Waals surface area (Å²) in [6, 6.07) is 11.1. The Bertz CT molecular complexity index is 619. The molecule has 0 amide bonds. The van der Waals surface area contributed by atoms with E-state index in [0.29, 0.717) is 17.4 Å². The van der Waals surface area contributed by atoms with Crippen LogP contribution in [0.15, 0.2) is 55.3 Å². The molecular formula is C17H19ClN2O2. The van der Waals surface area contributed by atoms with Gasteiger partial charge in [-0.25, -0.2) is 4.98 Å². The average Bonchev–Trinajstić information content (AvgIpc) is 2.52. The maximum atomic E-state index is 9.99. The summed E-state index contributed by atoms with van der Waals surface area (Å²) in [4.78, 5) is 4.11. The number of nitrogens with zero attached hydrogens (tertiary/aromatic N) is 1. The van der Waals surface area contributed by atoms with Gasteiger partial charge in [0, 0.05) is 17.8 Å². The number of aromatic nitrogens is 1. The molecule has 0 aliphatic heterocycles. The van der Waals surface area contributed by atoms with Crippen molar-refractivity contribution in [3.8, 4) is 5.75 Å². The molecule has 1 aromatic carbocycles. The fourth-order valence-electron chi connectivity index (χ4n) is 1.94. The Hall–Kier alpha value is -2.04. The predicted octanol–water partition coefficient (Wildman–Crippen LogP) is 3.32.